The number of fused-ring (bicyclic) bond motifs is 4. The molecule has 1 atom stereocenters. The Bertz CT molecular complexity index is 1660. The average Bonchev–Trinajstić information content (AvgIpc) is 3.02. The molecule has 4 aromatic carbocycles. The number of hydrogen-bond donors (Lipinski definition) is 0. The first-order valence-electron chi connectivity index (χ1n) is 12.6. The number of para-hydroxylation sites is 2. The van der Waals surface area contributed by atoms with E-state index >= 15 is 0 Å². The Morgan fingerprint density at radius 1 is 0.575 bits per heavy atom. The van der Waals surface area contributed by atoms with E-state index in [0.29, 0.717) is 0 Å². The van der Waals surface area contributed by atoms with E-state index in [1.807, 2.05) is 91.0 Å². The Labute approximate surface area is 247 Å². The van der Waals surface area contributed by atoms with E-state index in [2.05, 4.69) is 46.4 Å². The molecule has 1 radical (unpaired) electrons. The predicted molar refractivity (Wildman–Crippen MR) is 156 cm³/mol. The molecule has 0 saturated carbocycles. The van der Waals surface area contributed by atoms with Crippen molar-refractivity contribution >= 4 is 23.8 Å². The average molecular weight is 713 g/mol. The molecule has 4 nitrogen and oxygen atoms in total. The predicted octanol–water partition coefficient (Wildman–Crippen LogP) is 7.06. The third-order valence-electron chi connectivity index (χ3n) is 6.43. The smallest absolute Gasteiger partial charge is 0.132 e. The molecule has 2 aliphatic heterocycles. The Balaban J connectivity index is 0.000000188. The number of ether oxygens (including phenoxy) is 2. The van der Waals surface area contributed by atoms with Gasteiger partial charge in [-0.25, -0.2) is 0 Å². The first kappa shape index (κ1) is 26.1. The van der Waals surface area contributed by atoms with Crippen molar-refractivity contribution in [2.75, 3.05) is 0 Å². The van der Waals surface area contributed by atoms with Crippen LogP contribution in [0.3, 0.4) is 0 Å². The van der Waals surface area contributed by atoms with Crippen LogP contribution in [0.2, 0.25) is 0 Å². The molecule has 8 rings (SSSR count). The number of pyridine rings is 2. The number of nitrogens with zero attached hydrogens (tertiary/aromatic N) is 2. The van der Waals surface area contributed by atoms with Crippen molar-refractivity contribution < 1.29 is 29.6 Å². The van der Waals surface area contributed by atoms with Crippen molar-refractivity contribution in [1.82, 2.24) is 9.97 Å². The van der Waals surface area contributed by atoms with Gasteiger partial charge in [-0.2, -0.15) is 0 Å². The second-order valence-electron chi connectivity index (χ2n) is 8.91. The monoisotopic (exact) mass is 713 g/mol. The number of hydrogen-bond acceptors (Lipinski definition) is 4. The van der Waals surface area contributed by atoms with Crippen molar-refractivity contribution in [3.8, 4) is 45.5 Å². The summed E-state index contributed by atoms with van der Waals surface area (Å²) >= 11 is 0. The Hall–Kier alpha value is -4.14. The van der Waals surface area contributed by atoms with Crippen LogP contribution in [0.5, 0.6) is 23.0 Å². The van der Waals surface area contributed by atoms with Crippen LogP contribution < -0.4 is 25.4 Å². The van der Waals surface area contributed by atoms with Gasteiger partial charge in [0.05, 0.1) is 11.5 Å². The standard InChI is InChI=1S/C23H13NO2P.C11H8N.Ir/c1-3-10-21-17(8-1)25-19-13-15(16-7-5-6-12-24-16)14-20-23(19)27(21)22-11-4-2-9-18(22)26-20;1-2-6-10(7-3-1)11-8-4-5-9-12-11;/h1-13H;1-6,8-9H;/q2*-1;. The van der Waals surface area contributed by atoms with E-state index in [1.54, 1.807) is 12.4 Å². The van der Waals surface area contributed by atoms with E-state index in [-0.39, 0.29) is 20.1 Å². The molecule has 40 heavy (non-hydrogen) atoms. The van der Waals surface area contributed by atoms with Crippen LogP contribution >= 0.6 is 7.92 Å². The van der Waals surface area contributed by atoms with Crippen molar-refractivity contribution in [1.29, 1.82) is 0 Å². The molecule has 195 valence electrons. The number of benzene rings is 4. The van der Waals surface area contributed by atoms with Crippen molar-refractivity contribution in [2.24, 2.45) is 0 Å². The molecule has 0 bridgehead atoms. The SMILES string of the molecule is [Ir].[c-]1c(-c2ccccn2)cc2c3c1Oc1ccccc1P3c1ccccc1O2.[c-]1ccccc1-c1ccccn1. The van der Waals surface area contributed by atoms with Crippen LogP contribution in [0.1, 0.15) is 0 Å². The third kappa shape index (κ3) is 4.96. The second-order valence-corrected chi connectivity index (χ2v) is 11.0. The van der Waals surface area contributed by atoms with E-state index in [1.165, 1.54) is 10.6 Å². The van der Waals surface area contributed by atoms with Gasteiger partial charge < -0.3 is 19.4 Å². The zero-order valence-corrected chi connectivity index (χ0v) is 24.4. The van der Waals surface area contributed by atoms with Crippen molar-refractivity contribution in [2.45, 2.75) is 0 Å². The Morgan fingerprint density at radius 3 is 1.80 bits per heavy atom. The summed E-state index contributed by atoms with van der Waals surface area (Å²) in [6.07, 6.45) is 3.57. The van der Waals surface area contributed by atoms with Gasteiger partial charge >= 0.3 is 0 Å². The molecular formula is C34H21IrN2O2P-2. The first-order chi connectivity index (χ1) is 19.3. The van der Waals surface area contributed by atoms with Gasteiger partial charge in [0.15, 0.2) is 0 Å². The van der Waals surface area contributed by atoms with Crippen LogP contribution in [-0.2, 0) is 20.1 Å². The second kappa shape index (κ2) is 11.5. The quantitative estimate of drug-likeness (QED) is 0.142. The normalized spacial score (nSPS) is 13.4. The minimum atomic E-state index is -0.734. The molecule has 0 amide bonds. The van der Waals surface area contributed by atoms with Gasteiger partial charge in [0, 0.05) is 43.1 Å². The van der Waals surface area contributed by atoms with Gasteiger partial charge in [-0.3, -0.25) is 0 Å². The van der Waals surface area contributed by atoms with Gasteiger partial charge in [0.1, 0.15) is 11.5 Å². The van der Waals surface area contributed by atoms with Gasteiger partial charge in [-0.1, -0.05) is 72.8 Å². The zero-order valence-electron chi connectivity index (χ0n) is 21.1. The molecular weight excluding hydrogens is 692 g/mol. The molecule has 6 heteroatoms. The molecule has 1 unspecified atom stereocenters. The molecule has 0 fully saturated rings. The fourth-order valence-corrected chi connectivity index (χ4v) is 7.21. The van der Waals surface area contributed by atoms with Gasteiger partial charge in [0.2, 0.25) is 0 Å². The maximum absolute atomic E-state index is 6.29. The first-order valence-corrected chi connectivity index (χ1v) is 13.9. The molecule has 2 aromatic heterocycles. The summed E-state index contributed by atoms with van der Waals surface area (Å²) in [5.74, 6) is 3.39. The van der Waals surface area contributed by atoms with Crippen LogP contribution in [0, 0.1) is 12.1 Å². The minimum absolute atomic E-state index is 0. The number of rotatable bonds is 2. The molecule has 0 saturated heterocycles. The third-order valence-corrected chi connectivity index (χ3v) is 9.00. The fourth-order valence-electron chi connectivity index (χ4n) is 4.68. The summed E-state index contributed by atoms with van der Waals surface area (Å²) in [5.41, 5.74) is 3.74. The molecule has 6 aromatic rings. The molecule has 2 aliphatic rings. The Morgan fingerprint density at radius 2 is 1.18 bits per heavy atom. The summed E-state index contributed by atoms with van der Waals surface area (Å²) in [5, 5.41) is 3.54. The Kier molecular flexibility index (Phi) is 7.53. The summed E-state index contributed by atoms with van der Waals surface area (Å²) in [7, 11) is -0.734. The van der Waals surface area contributed by atoms with E-state index < -0.39 is 7.92 Å². The summed E-state index contributed by atoms with van der Waals surface area (Å²) < 4.78 is 12.5. The summed E-state index contributed by atoms with van der Waals surface area (Å²) in [6, 6.07) is 44.7. The van der Waals surface area contributed by atoms with E-state index in [9.17, 15) is 0 Å². The van der Waals surface area contributed by atoms with Crippen LogP contribution in [0.15, 0.2) is 128 Å². The van der Waals surface area contributed by atoms with Crippen LogP contribution in [-0.4, -0.2) is 9.97 Å². The minimum Gasteiger partial charge on any atom is -0.476 e. The zero-order chi connectivity index (χ0) is 26.0. The van der Waals surface area contributed by atoms with Crippen LogP contribution in [0.25, 0.3) is 22.5 Å². The van der Waals surface area contributed by atoms with Gasteiger partial charge in [0.25, 0.3) is 0 Å². The number of aromatic nitrogens is 2. The molecule has 0 spiro atoms. The summed E-state index contributed by atoms with van der Waals surface area (Å²) in [6.45, 7) is 0. The topological polar surface area (TPSA) is 44.2 Å². The van der Waals surface area contributed by atoms with E-state index in [4.69, 9.17) is 9.47 Å². The summed E-state index contributed by atoms with van der Waals surface area (Å²) in [4.78, 5) is 8.68. The van der Waals surface area contributed by atoms with E-state index in [0.717, 1.165) is 50.8 Å². The van der Waals surface area contributed by atoms with Crippen molar-refractivity contribution in [3.63, 3.8) is 0 Å². The van der Waals surface area contributed by atoms with Gasteiger partial charge in [-0.05, 0) is 48.9 Å². The van der Waals surface area contributed by atoms with Crippen LogP contribution in [0.4, 0.5) is 0 Å². The molecule has 0 aliphatic carbocycles. The van der Waals surface area contributed by atoms with Crippen molar-refractivity contribution in [3.05, 3.63) is 140 Å². The maximum Gasteiger partial charge on any atom is 0.132 e. The molecule has 4 heterocycles. The largest absolute Gasteiger partial charge is 0.476 e. The van der Waals surface area contributed by atoms with Gasteiger partial charge in [-0.15, -0.1) is 41.5 Å². The fraction of sp³-hybridized carbons (Fsp3) is 0. The molecule has 0 N–H and O–H groups in total. The maximum atomic E-state index is 6.29.